The third kappa shape index (κ3) is 3.58. The molecule has 8 heteroatoms. The van der Waals surface area contributed by atoms with Crippen molar-refractivity contribution in [2.24, 2.45) is 25.8 Å². The molecule has 8 nitrogen and oxygen atoms in total. The van der Waals surface area contributed by atoms with Crippen LogP contribution in [-0.2, 0) is 14.3 Å². The number of carbonyl (C=O) groups is 2. The van der Waals surface area contributed by atoms with Crippen molar-refractivity contribution in [3.63, 3.8) is 0 Å². The van der Waals surface area contributed by atoms with E-state index in [9.17, 15) is 14.7 Å². The van der Waals surface area contributed by atoms with Crippen LogP contribution in [0.3, 0.4) is 0 Å². The van der Waals surface area contributed by atoms with E-state index in [-0.39, 0.29) is 29.3 Å². The molecule has 1 N–H and O–H groups in total. The van der Waals surface area contributed by atoms with E-state index in [2.05, 4.69) is 25.2 Å². The summed E-state index contributed by atoms with van der Waals surface area (Å²) in [7, 11) is 0. The van der Waals surface area contributed by atoms with Crippen LogP contribution in [0.5, 0.6) is 0 Å². The molecule has 0 bridgehead atoms. The highest BCUT2D eigenvalue weighted by Crippen LogP contribution is 2.47. The third-order valence-electron chi connectivity index (χ3n) is 4.78. The highest BCUT2D eigenvalue weighted by molar-refractivity contribution is 6.07. The van der Waals surface area contributed by atoms with Crippen molar-refractivity contribution in [3.8, 4) is 0 Å². The topological polar surface area (TPSA) is 113 Å². The average molecular weight is 332 g/mol. The van der Waals surface area contributed by atoms with Crippen LogP contribution in [0.15, 0.2) is 31.9 Å². The Hall–Kier alpha value is -2.38. The summed E-state index contributed by atoms with van der Waals surface area (Å²) >= 11 is 0. The normalized spacial score (nSPS) is 23.6. The molecule has 0 saturated heterocycles. The van der Waals surface area contributed by atoms with Crippen LogP contribution in [0.2, 0.25) is 0 Å². The monoisotopic (exact) mass is 332 g/mol. The number of aliphatic hydroxyl groups excluding tert-OH is 1. The third-order valence-corrected chi connectivity index (χ3v) is 4.78. The summed E-state index contributed by atoms with van der Waals surface area (Å²) in [6.45, 7) is 0.397. The van der Waals surface area contributed by atoms with E-state index in [0.29, 0.717) is 37.3 Å². The van der Waals surface area contributed by atoms with Gasteiger partial charge < -0.3 is 9.84 Å². The Morgan fingerprint density at radius 1 is 1.17 bits per heavy atom. The number of ketones is 1. The first kappa shape index (κ1) is 16.5. The van der Waals surface area contributed by atoms with Gasteiger partial charge in [-0.1, -0.05) is 19.3 Å². The van der Waals surface area contributed by atoms with Crippen LogP contribution >= 0.6 is 0 Å². The Morgan fingerprint density at radius 2 is 1.96 bits per heavy atom. The number of ether oxygens (including phenoxy) is 1. The van der Waals surface area contributed by atoms with Crippen molar-refractivity contribution in [2.45, 2.75) is 51.4 Å². The molecule has 0 amide bonds. The largest absolute Gasteiger partial charge is 0.510 e. The Labute approximate surface area is 139 Å². The van der Waals surface area contributed by atoms with Gasteiger partial charge in [0.25, 0.3) is 6.47 Å². The molecule has 1 heterocycles. The van der Waals surface area contributed by atoms with Gasteiger partial charge >= 0.3 is 0 Å². The molecule has 3 rings (SSSR count). The molecule has 128 valence electrons. The summed E-state index contributed by atoms with van der Waals surface area (Å²) in [5, 5.41) is 25.8. The van der Waals surface area contributed by atoms with Crippen LogP contribution in [-0.4, -0.2) is 35.5 Å². The minimum Gasteiger partial charge on any atom is -0.510 e. The number of azo groups is 1. The Morgan fingerprint density at radius 3 is 2.67 bits per heavy atom. The maximum Gasteiger partial charge on any atom is 0.293 e. The van der Waals surface area contributed by atoms with Gasteiger partial charge in [0.05, 0.1) is 12.1 Å². The minimum absolute atomic E-state index is 0.0286. The van der Waals surface area contributed by atoms with Crippen LogP contribution in [0.1, 0.15) is 51.4 Å². The number of amidine groups is 1. The summed E-state index contributed by atoms with van der Waals surface area (Å²) in [5.41, 5.74) is 0.503. The zero-order valence-corrected chi connectivity index (χ0v) is 13.4. The van der Waals surface area contributed by atoms with E-state index in [1.54, 1.807) is 0 Å². The standard InChI is InChI=1S/C16H20N4O4/c21-10-24-9-11-6-14(18-17-11)19-20-15-12(22)7-16(8-13(15)23)4-2-1-3-5-16/h10,22H,1-9H2. The van der Waals surface area contributed by atoms with Gasteiger partial charge in [-0.15, -0.1) is 15.3 Å². The van der Waals surface area contributed by atoms with Crippen LogP contribution in [0.25, 0.3) is 0 Å². The zero-order chi connectivity index (χ0) is 17.0. The molecule has 24 heavy (non-hydrogen) atoms. The molecular weight excluding hydrogens is 312 g/mol. The molecule has 3 aliphatic rings. The van der Waals surface area contributed by atoms with Gasteiger partial charge in [-0.05, 0) is 18.3 Å². The Balaban J connectivity index is 1.64. The van der Waals surface area contributed by atoms with Gasteiger partial charge in [-0.3, -0.25) is 9.59 Å². The van der Waals surface area contributed by atoms with Crippen molar-refractivity contribution in [1.82, 2.24) is 0 Å². The van der Waals surface area contributed by atoms with Crippen molar-refractivity contribution in [2.75, 3.05) is 6.61 Å². The lowest BCUT2D eigenvalue weighted by Crippen LogP contribution is -2.32. The first-order valence-corrected chi connectivity index (χ1v) is 8.16. The summed E-state index contributed by atoms with van der Waals surface area (Å²) in [4.78, 5) is 22.5. The molecule has 1 spiro atoms. The second kappa shape index (κ2) is 7.02. The fourth-order valence-electron chi connectivity index (χ4n) is 3.61. The Bertz CT molecular complexity index is 657. The summed E-state index contributed by atoms with van der Waals surface area (Å²) in [6.07, 6.45) is 6.60. The van der Waals surface area contributed by atoms with Crippen LogP contribution in [0.4, 0.5) is 0 Å². The molecule has 0 unspecified atom stereocenters. The van der Waals surface area contributed by atoms with E-state index < -0.39 is 0 Å². The number of nitrogens with zero attached hydrogens (tertiary/aromatic N) is 4. The predicted molar refractivity (Wildman–Crippen MR) is 85.8 cm³/mol. The molecule has 1 saturated carbocycles. The molecule has 0 aromatic carbocycles. The SMILES string of the molecule is O=COCC1=NN=C(N=NC2=C(O)CC3(CCCCC3)CC2=O)C1. The number of hydrogen-bond donors (Lipinski definition) is 1. The number of rotatable bonds is 4. The maximum absolute atomic E-state index is 12.4. The van der Waals surface area contributed by atoms with Crippen molar-refractivity contribution in [1.29, 1.82) is 0 Å². The highest BCUT2D eigenvalue weighted by atomic mass is 16.5. The molecule has 1 aliphatic heterocycles. The van der Waals surface area contributed by atoms with Gasteiger partial charge in [0, 0.05) is 12.8 Å². The van der Waals surface area contributed by atoms with Crippen molar-refractivity contribution in [3.05, 3.63) is 11.5 Å². The van der Waals surface area contributed by atoms with Crippen LogP contribution < -0.4 is 0 Å². The van der Waals surface area contributed by atoms with E-state index in [1.807, 2.05) is 0 Å². The average Bonchev–Trinajstić information content (AvgIpc) is 3.00. The number of carbonyl (C=O) groups excluding carboxylic acids is 2. The molecule has 0 radical (unpaired) electrons. The predicted octanol–water partition coefficient (Wildman–Crippen LogP) is 2.85. The Kier molecular flexibility index (Phi) is 4.82. The van der Waals surface area contributed by atoms with E-state index >= 15 is 0 Å². The lowest BCUT2D eigenvalue weighted by Gasteiger charge is -2.39. The molecular formula is C16H20N4O4. The van der Waals surface area contributed by atoms with Gasteiger partial charge in [0.2, 0.25) is 0 Å². The molecule has 0 atom stereocenters. The fraction of sp³-hybridized carbons (Fsp3) is 0.625. The molecule has 1 fully saturated rings. The van der Waals surface area contributed by atoms with E-state index in [0.717, 1.165) is 25.7 Å². The smallest absolute Gasteiger partial charge is 0.293 e. The van der Waals surface area contributed by atoms with Gasteiger partial charge in [-0.2, -0.15) is 5.10 Å². The first-order valence-electron chi connectivity index (χ1n) is 8.16. The lowest BCUT2D eigenvalue weighted by molar-refractivity contribution is -0.127. The number of hydrogen-bond acceptors (Lipinski definition) is 8. The molecule has 0 aromatic rings. The number of Topliss-reactive ketones (excluding diaryl/α,β-unsaturated/α-hetero) is 1. The van der Waals surface area contributed by atoms with Gasteiger partial charge in [0.1, 0.15) is 12.4 Å². The summed E-state index contributed by atoms with van der Waals surface area (Å²) in [6, 6.07) is 0. The first-order chi connectivity index (χ1) is 11.6. The summed E-state index contributed by atoms with van der Waals surface area (Å²) in [5.74, 6) is 0.194. The zero-order valence-electron chi connectivity index (χ0n) is 13.4. The fourth-order valence-corrected chi connectivity index (χ4v) is 3.61. The van der Waals surface area contributed by atoms with E-state index in [1.165, 1.54) is 6.42 Å². The molecule has 2 aliphatic carbocycles. The lowest BCUT2D eigenvalue weighted by atomic mass is 9.66. The summed E-state index contributed by atoms with van der Waals surface area (Å²) < 4.78 is 4.60. The quantitative estimate of drug-likeness (QED) is 0.630. The van der Waals surface area contributed by atoms with Crippen LogP contribution in [0, 0.1) is 5.41 Å². The molecule has 0 aromatic heterocycles. The van der Waals surface area contributed by atoms with Gasteiger partial charge in [-0.25, -0.2) is 0 Å². The second-order valence-electron chi connectivity index (χ2n) is 6.60. The maximum atomic E-state index is 12.4. The van der Waals surface area contributed by atoms with Crippen molar-refractivity contribution >= 4 is 23.8 Å². The highest BCUT2D eigenvalue weighted by Gasteiger charge is 2.41. The van der Waals surface area contributed by atoms with Crippen molar-refractivity contribution < 1.29 is 19.4 Å². The second-order valence-corrected chi connectivity index (χ2v) is 6.60. The van der Waals surface area contributed by atoms with Gasteiger partial charge in [0.15, 0.2) is 17.3 Å². The van der Waals surface area contributed by atoms with E-state index in [4.69, 9.17) is 0 Å². The number of allylic oxidation sites excluding steroid dienone is 2. The minimum atomic E-state index is -0.159. The number of aliphatic hydroxyl groups is 1.